The van der Waals surface area contributed by atoms with Gasteiger partial charge in [0.25, 0.3) is 0 Å². The maximum atomic E-state index is 13.9. The first kappa shape index (κ1) is 27.9. The van der Waals surface area contributed by atoms with E-state index in [0.717, 1.165) is 11.1 Å². The molecule has 3 aromatic carbocycles. The molecule has 0 bridgehead atoms. The minimum absolute atomic E-state index is 0.0684. The van der Waals surface area contributed by atoms with Gasteiger partial charge in [0.15, 0.2) is 0 Å². The molecule has 2 aliphatic heterocycles. The van der Waals surface area contributed by atoms with Crippen LogP contribution in [0.1, 0.15) is 22.7 Å². The van der Waals surface area contributed by atoms with Crippen LogP contribution >= 0.6 is 0 Å². The Balaban J connectivity index is 1.40. The van der Waals surface area contributed by atoms with Gasteiger partial charge >= 0.3 is 6.03 Å². The Morgan fingerprint density at radius 1 is 0.927 bits per heavy atom. The summed E-state index contributed by atoms with van der Waals surface area (Å²) in [5.74, 6) is 2.09. The number of nitrogens with one attached hydrogen (secondary N) is 1. The Labute approximate surface area is 240 Å². The summed E-state index contributed by atoms with van der Waals surface area (Å²) in [6.45, 7) is 1.42. The van der Waals surface area contributed by atoms with Gasteiger partial charge in [0.1, 0.15) is 12.2 Å². The van der Waals surface area contributed by atoms with Crippen LogP contribution in [0.4, 0.5) is 4.79 Å². The number of urea groups is 1. The van der Waals surface area contributed by atoms with Crippen molar-refractivity contribution >= 4 is 17.8 Å². The lowest BCUT2D eigenvalue weighted by Crippen LogP contribution is -2.74. The Hall–Kier alpha value is -4.65. The fourth-order valence-electron chi connectivity index (χ4n) is 5.28. The smallest absolute Gasteiger partial charge is 0.334 e. The second-order valence-electron chi connectivity index (χ2n) is 9.93. The molecule has 1 N–H and O–H groups in total. The van der Waals surface area contributed by atoms with Crippen molar-refractivity contribution in [3.05, 3.63) is 108 Å². The van der Waals surface area contributed by atoms with Crippen LogP contribution in [-0.4, -0.2) is 76.6 Å². The monoisotopic (exact) mass is 551 g/mol. The molecule has 2 fully saturated rings. The second kappa shape index (κ2) is 13.1. The standard InChI is InChI=1S/C32H33N5O4/c1-2-18-35-23-29(38)36-28(37(35)32(40)33-21-25-12-6-3-7-13-25)22-34(19-20-41-24-26-14-8-4-9-15-26)31(39)30(36)27-16-10-5-11-17-27/h1,3-17,28,30H,18-24H2,(H,33,40)/t28-,30-/m0/s1. The summed E-state index contributed by atoms with van der Waals surface area (Å²) in [4.78, 5) is 44.4. The topological polar surface area (TPSA) is 85.4 Å². The highest BCUT2D eigenvalue weighted by atomic mass is 16.5. The zero-order chi connectivity index (χ0) is 28.6. The fourth-order valence-corrected chi connectivity index (χ4v) is 5.28. The summed E-state index contributed by atoms with van der Waals surface area (Å²) in [7, 11) is 0. The predicted octanol–water partition coefficient (Wildman–Crippen LogP) is 3.02. The number of hydrazine groups is 1. The van der Waals surface area contributed by atoms with Crippen molar-refractivity contribution < 1.29 is 19.1 Å². The van der Waals surface area contributed by atoms with E-state index in [4.69, 9.17) is 11.2 Å². The van der Waals surface area contributed by atoms with Gasteiger partial charge in [-0.3, -0.25) is 9.59 Å². The molecule has 5 rings (SSSR count). The van der Waals surface area contributed by atoms with Crippen LogP contribution in [0.5, 0.6) is 0 Å². The van der Waals surface area contributed by atoms with Crippen molar-refractivity contribution in [2.45, 2.75) is 25.4 Å². The summed E-state index contributed by atoms with van der Waals surface area (Å²) in [6, 6.07) is 27.3. The Kier molecular flexibility index (Phi) is 8.94. The Bertz CT molecular complexity index is 1380. The second-order valence-corrected chi connectivity index (χ2v) is 9.93. The summed E-state index contributed by atoms with van der Waals surface area (Å²) in [5, 5.41) is 6.05. The van der Waals surface area contributed by atoms with E-state index in [1.165, 1.54) is 9.91 Å². The third-order valence-electron chi connectivity index (χ3n) is 7.22. The fraction of sp³-hybridized carbons (Fsp3) is 0.281. The van der Waals surface area contributed by atoms with Gasteiger partial charge in [0.2, 0.25) is 11.8 Å². The highest BCUT2D eigenvalue weighted by Gasteiger charge is 2.51. The normalized spacial score (nSPS) is 19.0. The number of hydrogen-bond acceptors (Lipinski definition) is 5. The third-order valence-corrected chi connectivity index (χ3v) is 7.22. The lowest BCUT2D eigenvalue weighted by atomic mass is 9.99. The number of terminal acetylenes is 1. The minimum atomic E-state index is -0.881. The predicted molar refractivity (Wildman–Crippen MR) is 153 cm³/mol. The third kappa shape index (κ3) is 6.40. The van der Waals surface area contributed by atoms with Gasteiger partial charge in [-0.1, -0.05) is 96.9 Å². The minimum Gasteiger partial charge on any atom is -0.375 e. The van der Waals surface area contributed by atoms with E-state index in [1.807, 2.05) is 91.0 Å². The maximum absolute atomic E-state index is 13.9. The molecule has 2 heterocycles. The van der Waals surface area contributed by atoms with Crippen molar-refractivity contribution in [2.75, 3.05) is 32.8 Å². The number of piperazine rings is 1. The SMILES string of the molecule is C#CCN1CC(=O)N2[C@@H](c3ccccc3)C(=O)N(CCOCc3ccccc3)C[C@@H]2N1C(=O)NCc1ccccc1. The van der Waals surface area contributed by atoms with Crippen LogP contribution in [-0.2, 0) is 27.5 Å². The van der Waals surface area contributed by atoms with Crippen molar-refractivity contribution in [3.8, 4) is 12.3 Å². The molecule has 210 valence electrons. The molecule has 2 atom stereocenters. The molecule has 3 aromatic rings. The van der Waals surface area contributed by atoms with Gasteiger partial charge in [-0.25, -0.2) is 9.80 Å². The molecule has 41 heavy (non-hydrogen) atoms. The van der Waals surface area contributed by atoms with Crippen LogP contribution in [0, 0.1) is 12.3 Å². The molecule has 0 saturated carbocycles. The average Bonchev–Trinajstić information content (AvgIpc) is 3.00. The van der Waals surface area contributed by atoms with Crippen LogP contribution in [0.3, 0.4) is 0 Å². The zero-order valence-corrected chi connectivity index (χ0v) is 22.8. The van der Waals surface area contributed by atoms with Crippen molar-refractivity contribution in [2.24, 2.45) is 0 Å². The lowest BCUT2D eigenvalue weighted by molar-refractivity contribution is -0.190. The van der Waals surface area contributed by atoms with Crippen molar-refractivity contribution in [3.63, 3.8) is 0 Å². The summed E-state index contributed by atoms with van der Waals surface area (Å²) < 4.78 is 5.89. The average molecular weight is 552 g/mol. The molecule has 0 spiro atoms. The van der Waals surface area contributed by atoms with Crippen molar-refractivity contribution in [1.82, 2.24) is 25.1 Å². The number of ether oxygens (including phenoxy) is 1. The first-order valence-electron chi connectivity index (χ1n) is 13.6. The quantitative estimate of drug-likeness (QED) is 0.327. The number of hydrogen-bond donors (Lipinski definition) is 1. The van der Waals surface area contributed by atoms with Crippen LogP contribution < -0.4 is 5.32 Å². The molecule has 0 radical (unpaired) electrons. The zero-order valence-electron chi connectivity index (χ0n) is 22.8. The number of rotatable bonds is 9. The van der Waals surface area contributed by atoms with Crippen LogP contribution in [0.15, 0.2) is 91.0 Å². The molecule has 2 saturated heterocycles. The van der Waals surface area contributed by atoms with Gasteiger partial charge in [0, 0.05) is 13.1 Å². The molecule has 0 aromatic heterocycles. The molecular weight excluding hydrogens is 518 g/mol. The summed E-state index contributed by atoms with van der Waals surface area (Å²) in [6.07, 6.45) is 4.89. The van der Waals surface area contributed by atoms with Gasteiger partial charge in [0.05, 0.1) is 32.8 Å². The van der Waals surface area contributed by atoms with E-state index in [2.05, 4.69) is 11.2 Å². The first-order chi connectivity index (χ1) is 20.1. The van der Waals surface area contributed by atoms with E-state index in [9.17, 15) is 14.4 Å². The van der Waals surface area contributed by atoms with E-state index in [0.29, 0.717) is 31.9 Å². The molecule has 9 nitrogen and oxygen atoms in total. The lowest BCUT2D eigenvalue weighted by Gasteiger charge is -2.54. The molecule has 2 aliphatic rings. The van der Waals surface area contributed by atoms with Gasteiger partial charge in [-0.05, 0) is 16.7 Å². The molecule has 9 heteroatoms. The number of carbonyl (C=O) groups excluding carboxylic acids is 3. The highest BCUT2D eigenvalue weighted by molar-refractivity contribution is 5.92. The van der Waals surface area contributed by atoms with Crippen molar-refractivity contribution in [1.29, 1.82) is 0 Å². The Morgan fingerprint density at radius 3 is 2.22 bits per heavy atom. The van der Waals surface area contributed by atoms with E-state index in [1.54, 1.807) is 9.91 Å². The molecular formula is C32H33N5O4. The van der Waals surface area contributed by atoms with Crippen LogP contribution in [0.25, 0.3) is 0 Å². The van der Waals surface area contributed by atoms with Crippen LogP contribution in [0.2, 0.25) is 0 Å². The highest BCUT2D eigenvalue weighted by Crippen LogP contribution is 2.34. The van der Waals surface area contributed by atoms with E-state index < -0.39 is 18.2 Å². The Morgan fingerprint density at radius 2 is 1.56 bits per heavy atom. The first-order valence-corrected chi connectivity index (χ1v) is 13.6. The molecule has 0 unspecified atom stereocenters. The molecule has 4 amide bonds. The van der Waals surface area contributed by atoms with E-state index in [-0.39, 0.29) is 31.4 Å². The number of fused-ring (bicyclic) bond motifs is 1. The largest absolute Gasteiger partial charge is 0.375 e. The summed E-state index contributed by atoms with van der Waals surface area (Å²) >= 11 is 0. The number of carbonyl (C=O) groups is 3. The molecule has 0 aliphatic carbocycles. The van der Waals surface area contributed by atoms with Gasteiger partial charge < -0.3 is 19.9 Å². The van der Waals surface area contributed by atoms with Gasteiger partial charge in [-0.2, -0.15) is 5.01 Å². The van der Waals surface area contributed by atoms with Gasteiger partial charge in [-0.15, -0.1) is 6.42 Å². The summed E-state index contributed by atoms with van der Waals surface area (Å²) in [5.41, 5.74) is 2.66. The number of nitrogens with zero attached hydrogens (tertiary/aromatic N) is 4. The maximum Gasteiger partial charge on any atom is 0.334 e. The number of amides is 4. The van der Waals surface area contributed by atoms with E-state index >= 15 is 0 Å². The number of benzene rings is 3.